The number of nitrogens with one attached hydrogen (secondary N) is 1. The molecule has 0 radical (unpaired) electrons. The standard InChI is InChI=1S/C28H24N2O/c1-19-26(20(2)31)27(24-17-29-25-16-10-9-15-23(24)25)28(22-13-7-4-8-14-22)30(19)18-21-11-5-3-6-12-21/h3-17,29H,18H2,1-2H3. The Labute approximate surface area is 182 Å². The van der Waals surface area contributed by atoms with Crippen LogP contribution < -0.4 is 0 Å². The summed E-state index contributed by atoms with van der Waals surface area (Å²) < 4.78 is 2.29. The average molecular weight is 405 g/mol. The lowest BCUT2D eigenvalue weighted by atomic mass is 9.95. The maximum atomic E-state index is 12.9. The topological polar surface area (TPSA) is 37.8 Å². The second-order valence-corrected chi connectivity index (χ2v) is 7.93. The van der Waals surface area contributed by atoms with Crippen molar-refractivity contribution in [3.8, 4) is 22.4 Å². The van der Waals surface area contributed by atoms with Crippen LogP contribution in [0.2, 0.25) is 0 Å². The largest absolute Gasteiger partial charge is 0.361 e. The van der Waals surface area contributed by atoms with Crippen LogP contribution in [0.3, 0.4) is 0 Å². The van der Waals surface area contributed by atoms with Gasteiger partial charge < -0.3 is 9.55 Å². The maximum Gasteiger partial charge on any atom is 0.162 e. The predicted molar refractivity (Wildman–Crippen MR) is 127 cm³/mol. The van der Waals surface area contributed by atoms with Gasteiger partial charge in [-0.3, -0.25) is 4.79 Å². The highest BCUT2D eigenvalue weighted by molar-refractivity contribution is 6.10. The molecule has 2 aromatic heterocycles. The summed E-state index contributed by atoms with van der Waals surface area (Å²) in [5.74, 6) is 0.0850. The maximum absolute atomic E-state index is 12.9. The fraction of sp³-hybridized carbons (Fsp3) is 0.107. The zero-order chi connectivity index (χ0) is 21.4. The number of carbonyl (C=O) groups excluding carboxylic acids is 1. The Morgan fingerprint density at radius 3 is 2.23 bits per heavy atom. The van der Waals surface area contributed by atoms with E-state index < -0.39 is 0 Å². The minimum atomic E-state index is 0.0850. The molecule has 0 aliphatic rings. The molecule has 5 rings (SSSR count). The summed E-state index contributed by atoms with van der Waals surface area (Å²) >= 11 is 0. The van der Waals surface area contributed by atoms with E-state index in [9.17, 15) is 4.79 Å². The Kier molecular flexibility index (Phi) is 4.79. The molecule has 0 bridgehead atoms. The van der Waals surface area contributed by atoms with Gasteiger partial charge in [0.25, 0.3) is 0 Å². The van der Waals surface area contributed by atoms with Gasteiger partial charge in [0.2, 0.25) is 0 Å². The van der Waals surface area contributed by atoms with Crippen molar-refractivity contribution in [1.82, 2.24) is 9.55 Å². The number of Topliss-reactive ketones (excluding diaryl/α,β-unsaturated/α-hetero) is 1. The van der Waals surface area contributed by atoms with Crippen LogP contribution in [0.25, 0.3) is 33.3 Å². The summed E-state index contributed by atoms with van der Waals surface area (Å²) in [7, 11) is 0. The van der Waals surface area contributed by atoms with E-state index in [1.165, 1.54) is 5.56 Å². The molecule has 0 amide bonds. The lowest BCUT2D eigenvalue weighted by molar-refractivity contribution is 0.101. The van der Waals surface area contributed by atoms with Gasteiger partial charge in [0.1, 0.15) is 0 Å². The Balaban J connectivity index is 1.86. The van der Waals surface area contributed by atoms with E-state index in [0.717, 1.165) is 44.5 Å². The van der Waals surface area contributed by atoms with Crippen LogP contribution in [-0.4, -0.2) is 15.3 Å². The molecule has 3 aromatic carbocycles. The number of fused-ring (bicyclic) bond motifs is 1. The molecule has 5 aromatic rings. The fourth-order valence-corrected chi connectivity index (χ4v) is 4.57. The number of benzene rings is 3. The van der Waals surface area contributed by atoms with Crippen molar-refractivity contribution in [3.05, 3.63) is 108 Å². The number of ketones is 1. The number of hydrogen-bond donors (Lipinski definition) is 1. The Hall–Kier alpha value is -3.85. The van der Waals surface area contributed by atoms with E-state index >= 15 is 0 Å². The highest BCUT2D eigenvalue weighted by Gasteiger charge is 2.26. The quantitative estimate of drug-likeness (QED) is 0.319. The van der Waals surface area contributed by atoms with Crippen LogP contribution in [0.1, 0.15) is 28.5 Å². The lowest BCUT2D eigenvalue weighted by Crippen LogP contribution is -2.05. The summed E-state index contributed by atoms with van der Waals surface area (Å²) in [4.78, 5) is 16.3. The molecular weight excluding hydrogens is 380 g/mol. The smallest absolute Gasteiger partial charge is 0.162 e. The third-order valence-corrected chi connectivity index (χ3v) is 5.96. The summed E-state index contributed by atoms with van der Waals surface area (Å²) in [6.07, 6.45) is 2.03. The van der Waals surface area contributed by atoms with Crippen molar-refractivity contribution in [2.24, 2.45) is 0 Å². The molecule has 3 nitrogen and oxygen atoms in total. The van der Waals surface area contributed by atoms with E-state index in [1.807, 2.05) is 30.5 Å². The number of carbonyl (C=O) groups is 1. The van der Waals surface area contributed by atoms with Gasteiger partial charge in [-0.15, -0.1) is 0 Å². The van der Waals surface area contributed by atoms with Crippen molar-refractivity contribution >= 4 is 16.7 Å². The Morgan fingerprint density at radius 1 is 0.871 bits per heavy atom. The Morgan fingerprint density at radius 2 is 1.52 bits per heavy atom. The van der Waals surface area contributed by atoms with Crippen molar-refractivity contribution in [1.29, 1.82) is 0 Å². The van der Waals surface area contributed by atoms with Crippen LogP contribution in [0.4, 0.5) is 0 Å². The van der Waals surface area contributed by atoms with Gasteiger partial charge in [-0.25, -0.2) is 0 Å². The summed E-state index contributed by atoms with van der Waals surface area (Å²) in [5.41, 5.74) is 8.32. The van der Waals surface area contributed by atoms with Crippen LogP contribution in [0.5, 0.6) is 0 Å². The number of rotatable bonds is 5. The third kappa shape index (κ3) is 3.28. The molecule has 3 heteroatoms. The Bertz CT molecular complexity index is 1380. The van der Waals surface area contributed by atoms with Crippen LogP contribution in [0.15, 0.2) is 91.1 Å². The van der Waals surface area contributed by atoms with Crippen LogP contribution >= 0.6 is 0 Å². The molecule has 0 spiro atoms. The SMILES string of the molecule is CC(=O)c1c(-c2c[nH]c3ccccc23)c(-c2ccccc2)n(Cc2ccccc2)c1C. The van der Waals surface area contributed by atoms with E-state index in [1.54, 1.807) is 6.92 Å². The molecule has 1 N–H and O–H groups in total. The van der Waals surface area contributed by atoms with Gasteiger partial charge in [0.05, 0.1) is 5.69 Å². The van der Waals surface area contributed by atoms with Crippen LogP contribution in [-0.2, 0) is 6.54 Å². The molecular formula is C28H24N2O. The summed E-state index contributed by atoms with van der Waals surface area (Å²) in [5, 5.41) is 1.12. The van der Waals surface area contributed by atoms with Gasteiger partial charge in [-0.2, -0.15) is 0 Å². The highest BCUT2D eigenvalue weighted by atomic mass is 16.1. The zero-order valence-corrected chi connectivity index (χ0v) is 17.7. The molecule has 0 unspecified atom stereocenters. The van der Waals surface area contributed by atoms with Crippen molar-refractivity contribution in [2.75, 3.05) is 0 Å². The molecule has 2 heterocycles. The third-order valence-electron chi connectivity index (χ3n) is 5.96. The van der Waals surface area contributed by atoms with Gasteiger partial charge in [-0.05, 0) is 31.0 Å². The first-order chi connectivity index (χ1) is 15.1. The van der Waals surface area contributed by atoms with Gasteiger partial charge in [-0.1, -0.05) is 78.9 Å². The van der Waals surface area contributed by atoms with E-state index in [4.69, 9.17) is 0 Å². The molecule has 0 aliphatic carbocycles. The number of para-hydroxylation sites is 1. The van der Waals surface area contributed by atoms with E-state index in [-0.39, 0.29) is 5.78 Å². The molecule has 0 saturated heterocycles. The molecule has 0 saturated carbocycles. The highest BCUT2D eigenvalue weighted by Crippen LogP contribution is 2.42. The van der Waals surface area contributed by atoms with Gasteiger partial charge in [0, 0.05) is 46.0 Å². The number of H-pyrrole nitrogens is 1. The molecule has 31 heavy (non-hydrogen) atoms. The van der Waals surface area contributed by atoms with Gasteiger partial charge in [0.15, 0.2) is 5.78 Å². The molecule has 0 fully saturated rings. The first-order valence-corrected chi connectivity index (χ1v) is 10.5. The second kappa shape index (κ2) is 7.77. The minimum Gasteiger partial charge on any atom is -0.361 e. The van der Waals surface area contributed by atoms with E-state index in [2.05, 4.69) is 77.1 Å². The normalized spacial score (nSPS) is 11.2. The lowest BCUT2D eigenvalue weighted by Gasteiger charge is -2.14. The summed E-state index contributed by atoms with van der Waals surface area (Å²) in [6.45, 7) is 4.44. The van der Waals surface area contributed by atoms with Gasteiger partial charge >= 0.3 is 0 Å². The number of nitrogens with zero attached hydrogens (tertiary/aromatic N) is 1. The first kappa shape index (κ1) is 19.1. The average Bonchev–Trinajstić information content (AvgIpc) is 3.34. The molecule has 0 atom stereocenters. The number of aromatic nitrogens is 2. The van der Waals surface area contributed by atoms with Crippen molar-refractivity contribution < 1.29 is 4.79 Å². The van der Waals surface area contributed by atoms with Crippen molar-refractivity contribution in [2.45, 2.75) is 20.4 Å². The molecule has 152 valence electrons. The summed E-state index contributed by atoms with van der Waals surface area (Å²) in [6, 6.07) is 29.0. The number of aromatic amines is 1. The first-order valence-electron chi connectivity index (χ1n) is 10.5. The van der Waals surface area contributed by atoms with Crippen LogP contribution in [0, 0.1) is 6.92 Å². The van der Waals surface area contributed by atoms with Crippen molar-refractivity contribution in [3.63, 3.8) is 0 Å². The number of hydrogen-bond acceptors (Lipinski definition) is 1. The fourth-order valence-electron chi connectivity index (χ4n) is 4.57. The zero-order valence-electron chi connectivity index (χ0n) is 17.7. The van der Waals surface area contributed by atoms with E-state index in [0.29, 0.717) is 6.54 Å². The molecule has 0 aliphatic heterocycles. The minimum absolute atomic E-state index is 0.0850. The second-order valence-electron chi connectivity index (χ2n) is 7.93. The monoisotopic (exact) mass is 404 g/mol. The predicted octanol–water partition coefficient (Wildman–Crippen LogP) is 6.86.